The summed E-state index contributed by atoms with van der Waals surface area (Å²) >= 11 is 0. The van der Waals surface area contributed by atoms with Gasteiger partial charge in [0.2, 0.25) is 11.8 Å². The first-order valence-corrected chi connectivity index (χ1v) is 8.32. The van der Waals surface area contributed by atoms with Crippen molar-refractivity contribution in [3.8, 4) is 0 Å². The van der Waals surface area contributed by atoms with Crippen molar-refractivity contribution in [1.29, 1.82) is 0 Å². The van der Waals surface area contributed by atoms with Crippen molar-refractivity contribution < 1.29 is 9.59 Å². The van der Waals surface area contributed by atoms with E-state index >= 15 is 0 Å². The Hall–Kier alpha value is -2.04. The van der Waals surface area contributed by atoms with Crippen LogP contribution in [0.15, 0.2) is 18.2 Å². The molecule has 0 atom stereocenters. The van der Waals surface area contributed by atoms with Crippen molar-refractivity contribution in [3.63, 3.8) is 0 Å². The van der Waals surface area contributed by atoms with E-state index in [1.807, 2.05) is 39.0 Å². The highest BCUT2D eigenvalue weighted by atomic mass is 16.2. The Morgan fingerprint density at radius 3 is 2.35 bits per heavy atom. The van der Waals surface area contributed by atoms with Gasteiger partial charge in [-0.1, -0.05) is 33.8 Å². The second kappa shape index (κ2) is 9.18. The predicted molar refractivity (Wildman–Crippen MR) is 95.6 cm³/mol. The van der Waals surface area contributed by atoms with Gasteiger partial charge in [0.25, 0.3) is 0 Å². The summed E-state index contributed by atoms with van der Waals surface area (Å²) in [5, 5.41) is 9.01. The van der Waals surface area contributed by atoms with Crippen molar-refractivity contribution in [2.45, 2.75) is 53.5 Å². The molecule has 0 aliphatic heterocycles. The Kier molecular flexibility index (Phi) is 7.59. The molecular formula is C18H29N3O2. The molecule has 0 aliphatic rings. The molecule has 5 nitrogen and oxygen atoms in total. The second-order valence-electron chi connectivity index (χ2n) is 6.11. The minimum Gasteiger partial charge on any atom is -0.376 e. The summed E-state index contributed by atoms with van der Waals surface area (Å²) in [6, 6.07) is 5.88. The van der Waals surface area contributed by atoms with Crippen LogP contribution in [0, 0.1) is 12.8 Å². The molecule has 0 spiro atoms. The number of hydrogen-bond donors (Lipinski definition) is 3. The number of carbonyl (C=O) groups is 2. The quantitative estimate of drug-likeness (QED) is 0.688. The van der Waals surface area contributed by atoms with E-state index < -0.39 is 0 Å². The van der Waals surface area contributed by atoms with Crippen LogP contribution in [0.3, 0.4) is 0 Å². The van der Waals surface area contributed by atoms with Crippen LogP contribution in [0.25, 0.3) is 0 Å². The highest BCUT2D eigenvalue weighted by Gasteiger charge is 2.10. The monoisotopic (exact) mass is 319 g/mol. The molecule has 0 saturated carbocycles. The van der Waals surface area contributed by atoms with Crippen LogP contribution in [-0.4, -0.2) is 24.4 Å². The van der Waals surface area contributed by atoms with Crippen molar-refractivity contribution in [2.24, 2.45) is 5.92 Å². The van der Waals surface area contributed by atoms with E-state index in [1.54, 1.807) is 0 Å². The third kappa shape index (κ3) is 6.30. The number of hydrogen-bond acceptors (Lipinski definition) is 3. The Morgan fingerprint density at radius 1 is 1.13 bits per heavy atom. The van der Waals surface area contributed by atoms with Crippen LogP contribution in [0.1, 0.15) is 46.1 Å². The second-order valence-corrected chi connectivity index (χ2v) is 6.11. The SMILES string of the molecule is CCC(CC)NC(=O)CNc1cc(NC(=O)C(C)C)ccc1C. The zero-order valence-electron chi connectivity index (χ0n) is 14.8. The molecule has 5 heteroatoms. The van der Waals surface area contributed by atoms with Crippen LogP contribution in [0.4, 0.5) is 11.4 Å². The number of anilines is 2. The Labute approximate surface area is 139 Å². The summed E-state index contributed by atoms with van der Waals surface area (Å²) in [6.45, 7) is 10.0. The molecule has 0 aliphatic carbocycles. The van der Waals surface area contributed by atoms with Crippen LogP contribution >= 0.6 is 0 Å². The Bertz CT molecular complexity index is 537. The largest absolute Gasteiger partial charge is 0.376 e. The van der Waals surface area contributed by atoms with E-state index in [0.717, 1.165) is 29.8 Å². The molecule has 0 heterocycles. The third-order valence-corrected chi connectivity index (χ3v) is 3.82. The molecule has 1 aromatic carbocycles. The van der Waals surface area contributed by atoms with Crippen molar-refractivity contribution in [3.05, 3.63) is 23.8 Å². The highest BCUT2D eigenvalue weighted by molar-refractivity contribution is 5.92. The minimum atomic E-state index is -0.0708. The van der Waals surface area contributed by atoms with Gasteiger partial charge in [-0.25, -0.2) is 0 Å². The molecule has 0 unspecified atom stereocenters. The first-order valence-electron chi connectivity index (χ1n) is 8.32. The topological polar surface area (TPSA) is 70.2 Å². The number of carbonyl (C=O) groups excluding carboxylic acids is 2. The minimum absolute atomic E-state index is 0.0188. The number of amides is 2. The maximum absolute atomic E-state index is 12.0. The van der Waals surface area contributed by atoms with Gasteiger partial charge in [0, 0.05) is 23.3 Å². The van der Waals surface area contributed by atoms with E-state index in [-0.39, 0.29) is 30.3 Å². The molecular weight excluding hydrogens is 290 g/mol. The van der Waals surface area contributed by atoms with Gasteiger partial charge in [-0.15, -0.1) is 0 Å². The normalized spacial score (nSPS) is 10.7. The van der Waals surface area contributed by atoms with E-state index in [1.165, 1.54) is 0 Å². The lowest BCUT2D eigenvalue weighted by atomic mass is 10.1. The smallest absolute Gasteiger partial charge is 0.239 e. The standard InChI is InChI=1S/C18H29N3O2/c1-6-14(7-2)20-17(22)11-19-16-10-15(9-8-13(16)5)21-18(23)12(3)4/h8-10,12,14,19H,6-7,11H2,1-5H3,(H,20,22)(H,21,23). The summed E-state index contributed by atoms with van der Waals surface area (Å²) in [6.07, 6.45) is 1.86. The molecule has 23 heavy (non-hydrogen) atoms. The molecule has 1 aromatic rings. The molecule has 0 bridgehead atoms. The summed E-state index contributed by atoms with van der Waals surface area (Å²) < 4.78 is 0. The number of benzene rings is 1. The fourth-order valence-corrected chi connectivity index (χ4v) is 2.12. The van der Waals surface area contributed by atoms with Gasteiger partial charge < -0.3 is 16.0 Å². The van der Waals surface area contributed by atoms with Gasteiger partial charge in [0.05, 0.1) is 6.54 Å². The van der Waals surface area contributed by atoms with E-state index in [2.05, 4.69) is 29.8 Å². The fraction of sp³-hybridized carbons (Fsp3) is 0.556. The maximum Gasteiger partial charge on any atom is 0.239 e. The van der Waals surface area contributed by atoms with Gasteiger partial charge in [-0.05, 0) is 37.5 Å². The molecule has 3 N–H and O–H groups in total. The average molecular weight is 319 g/mol. The summed E-state index contributed by atoms with van der Waals surface area (Å²) in [4.78, 5) is 23.7. The van der Waals surface area contributed by atoms with E-state index in [4.69, 9.17) is 0 Å². The van der Waals surface area contributed by atoms with Crippen LogP contribution < -0.4 is 16.0 Å². The van der Waals surface area contributed by atoms with Crippen LogP contribution in [0.2, 0.25) is 0 Å². The fourth-order valence-electron chi connectivity index (χ4n) is 2.12. The van der Waals surface area contributed by atoms with Gasteiger partial charge in [-0.2, -0.15) is 0 Å². The van der Waals surface area contributed by atoms with E-state index in [0.29, 0.717) is 0 Å². The Morgan fingerprint density at radius 2 is 1.78 bits per heavy atom. The summed E-state index contributed by atoms with van der Waals surface area (Å²) in [5.41, 5.74) is 2.62. The molecule has 0 saturated heterocycles. The van der Waals surface area contributed by atoms with Crippen molar-refractivity contribution >= 4 is 23.2 Å². The molecule has 128 valence electrons. The zero-order chi connectivity index (χ0) is 17.4. The summed E-state index contributed by atoms with van der Waals surface area (Å²) in [5.74, 6) is -0.112. The molecule has 0 aromatic heterocycles. The molecule has 1 rings (SSSR count). The number of nitrogens with one attached hydrogen (secondary N) is 3. The lowest BCUT2D eigenvalue weighted by molar-refractivity contribution is -0.120. The van der Waals surface area contributed by atoms with Gasteiger partial charge in [0.1, 0.15) is 0 Å². The molecule has 2 amide bonds. The first-order chi connectivity index (χ1) is 10.9. The van der Waals surface area contributed by atoms with Gasteiger partial charge in [-0.3, -0.25) is 9.59 Å². The van der Waals surface area contributed by atoms with Gasteiger partial charge in [0.15, 0.2) is 0 Å². The van der Waals surface area contributed by atoms with Gasteiger partial charge >= 0.3 is 0 Å². The molecule has 0 fully saturated rings. The van der Waals surface area contributed by atoms with Crippen LogP contribution in [-0.2, 0) is 9.59 Å². The zero-order valence-corrected chi connectivity index (χ0v) is 14.8. The lowest BCUT2D eigenvalue weighted by Gasteiger charge is -2.16. The van der Waals surface area contributed by atoms with E-state index in [9.17, 15) is 9.59 Å². The first kappa shape index (κ1) is 19.0. The summed E-state index contributed by atoms with van der Waals surface area (Å²) in [7, 11) is 0. The predicted octanol–water partition coefficient (Wildman–Crippen LogP) is 3.31. The maximum atomic E-state index is 12.0. The lowest BCUT2D eigenvalue weighted by Crippen LogP contribution is -2.37. The third-order valence-electron chi connectivity index (χ3n) is 3.82. The average Bonchev–Trinajstić information content (AvgIpc) is 2.52. The molecule has 0 radical (unpaired) electrons. The number of rotatable bonds is 8. The Balaban J connectivity index is 2.65. The van der Waals surface area contributed by atoms with Crippen molar-refractivity contribution in [2.75, 3.05) is 17.2 Å². The number of aryl methyl sites for hydroxylation is 1. The van der Waals surface area contributed by atoms with Crippen molar-refractivity contribution in [1.82, 2.24) is 5.32 Å². The highest BCUT2D eigenvalue weighted by Crippen LogP contribution is 2.20. The van der Waals surface area contributed by atoms with Crippen LogP contribution in [0.5, 0.6) is 0 Å².